The lowest BCUT2D eigenvalue weighted by Crippen LogP contribution is -2.27. The molecule has 1 heteroatoms. The highest BCUT2D eigenvalue weighted by Gasteiger charge is 2.31. The van der Waals surface area contributed by atoms with Gasteiger partial charge in [0.25, 0.3) is 0 Å². The largest absolute Gasteiger partial charge is 0.198 e. The van der Waals surface area contributed by atoms with E-state index in [0.29, 0.717) is 11.3 Å². The maximum atomic E-state index is 8.79. The molecule has 0 radical (unpaired) electrons. The van der Waals surface area contributed by atoms with Crippen LogP contribution >= 0.6 is 0 Å². The standard InChI is InChI=1S/C12H21N/c1-4-12(2,3)11-7-5-10(9-13)6-8-11/h10-11H,4-8H2,1-3H3. The first-order valence-corrected chi connectivity index (χ1v) is 5.49. The van der Waals surface area contributed by atoms with Gasteiger partial charge in [0.15, 0.2) is 0 Å². The molecule has 0 aliphatic heterocycles. The summed E-state index contributed by atoms with van der Waals surface area (Å²) in [7, 11) is 0. The maximum Gasteiger partial charge on any atom is 0.0655 e. The SMILES string of the molecule is CCC(C)(C)C1CCC(C#N)CC1. The van der Waals surface area contributed by atoms with Gasteiger partial charge in [0.1, 0.15) is 0 Å². The van der Waals surface area contributed by atoms with E-state index in [-0.39, 0.29) is 0 Å². The molecule has 0 unspecified atom stereocenters. The minimum atomic E-state index is 0.351. The zero-order valence-electron chi connectivity index (χ0n) is 9.14. The van der Waals surface area contributed by atoms with Crippen molar-refractivity contribution in [1.29, 1.82) is 5.26 Å². The molecular formula is C12H21N. The van der Waals surface area contributed by atoms with E-state index in [0.717, 1.165) is 18.8 Å². The minimum absolute atomic E-state index is 0.351. The molecule has 1 aliphatic rings. The fraction of sp³-hybridized carbons (Fsp3) is 0.917. The van der Waals surface area contributed by atoms with Gasteiger partial charge in [-0.1, -0.05) is 27.2 Å². The molecule has 0 aromatic rings. The van der Waals surface area contributed by atoms with Crippen molar-refractivity contribution in [3.8, 4) is 6.07 Å². The van der Waals surface area contributed by atoms with Crippen molar-refractivity contribution in [2.75, 3.05) is 0 Å². The van der Waals surface area contributed by atoms with E-state index < -0.39 is 0 Å². The molecule has 74 valence electrons. The first-order chi connectivity index (χ1) is 6.10. The average Bonchev–Trinajstić information content (AvgIpc) is 2.18. The van der Waals surface area contributed by atoms with Crippen LogP contribution in [0.5, 0.6) is 0 Å². The number of hydrogen-bond donors (Lipinski definition) is 0. The van der Waals surface area contributed by atoms with Crippen molar-refractivity contribution < 1.29 is 0 Å². The molecule has 0 bridgehead atoms. The van der Waals surface area contributed by atoms with Gasteiger partial charge >= 0.3 is 0 Å². The zero-order chi connectivity index (χ0) is 9.90. The van der Waals surface area contributed by atoms with E-state index in [1.807, 2.05) is 0 Å². The minimum Gasteiger partial charge on any atom is -0.198 e. The van der Waals surface area contributed by atoms with E-state index in [4.69, 9.17) is 5.26 Å². The Morgan fingerprint density at radius 3 is 2.15 bits per heavy atom. The Hall–Kier alpha value is -0.510. The highest BCUT2D eigenvalue weighted by Crippen LogP contribution is 2.41. The van der Waals surface area contributed by atoms with E-state index in [2.05, 4.69) is 26.8 Å². The summed E-state index contributed by atoms with van der Waals surface area (Å²) in [5.74, 6) is 1.20. The van der Waals surface area contributed by atoms with E-state index in [1.165, 1.54) is 19.3 Å². The monoisotopic (exact) mass is 179 g/mol. The van der Waals surface area contributed by atoms with Crippen molar-refractivity contribution in [2.45, 2.75) is 52.9 Å². The molecule has 1 fully saturated rings. The fourth-order valence-corrected chi connectivity index (χ4v) is 2.29. The van der Waals surface area contributed by atoms with Crippen LogP contribution in [0.2, 0.25) is 0 Å². The highest BCUT2D eigenvalue weighted by molar-refractivity contribution is 4.90. The second kappa shape index (κ2) is 4.13. The van der Waals surface area contributed by atoms with E-state index in [1.54, 1.807) is 0 Å². The van der Waals surface area contributed by atoms with Crippen LogP contribution in [-0.2, 0) is 0 Å². The van der Waals surface area contributed by atoms with Gasteiger partial charge in [0, 0.05) is 5.92 Å². The molecule has 0 spiro atoms. The average molecular weight is 179 g/mol. The van der Waals surface area contributed by atoms with Crippen LogP contribution in [0, 0.1) is 28.6 Å². The Kier molecular flexibility index (Phi) is 3.36. The summed E-state index contributed by atoms with van der Waals surface area (Å²) in [5, 5.41) is 8.79. The normalized spacial score (nSPS) is 29.7. The highest BCUT2D eigenvalue weighted by atomic mass is 14.4. The van der Waals surface area contributed by atoms with Gasteiger partial charge in [-0.2, -0.15) is 5.26 Å². The summed E-state index contributed by atoms with van der Waals surface area (Å²) in [5.41, 5.74) is 0.487. The van der Waals surface area contributed by atoms with Gasteiger partial charge in [-0.25, -0.2) is 0 Å². The van der Waals surface area contributed by atoms with Gasteiger partial charge < -0.3 is 0 Å². The van der Waals surface area contributed by atoms with Gasteiger partial charge in [0.2, 0.25) is 0 Å². The quantitative estimate of drug-likeness (QED) is 0.633. The topological polar surface area (TPSA) is 23.8 Å². The molecule has 0 aromatic heterocycles. The van der Waals surface area contributed by atoms with Crippen LogP contribution in [0.15, 0.2) is 0 Å². The van der Waals surface area contributed by atoms with Gasteiger partial charge in [-0.05, 0) is 37.0 Å². The molecule has 1 aliphatic carbocycles. The van der Waals surface area contributed by atoms with Crippen molar-refractivity contribution in [3.05, 3.63) is 0 Å². The van der Waals surface area contributed by atoms with Crippen molar-refractivity contribution in [2.24, 2.45) is 17.3 Å². The molecule has 1 nitrogen and oxygen atoms in total. The molecule has 0 heterocycles. The molecule has 1 rings (SSSR count). The number of rotatable bonds is 2. The summed E-state index contributed by atoms with van der Waals surface area (Å²) in [6.45, 7) is 7.01. The predicted molar refractivity (Wildman–Crippen MR) is 55.1 cm³/mol. The third-order valence-corrected chi connectivity index (χ3v) is 3.93. The lowest BCUT2D eigenvalue weighted by molar-refractivity contribution is 0.140. The molecule has 0 saturated heterocycles. The molecule has 0 atom stereocenters. The third-order valence-electron chi connectivity index (χ3n) is 3.93. The summed E-state index contributed by atoms with van der Waals surface area (Å²) in [6.07, 6.45) is 6.04. The van der Waals surface area contributed by atoms with Crippen LogP contribution in [0.25, 0.3) is 0 Å². The van der Waals surface area contributed by atoms with Crippen LogP contribution in [0.4, 0.5) is 0 Å². The first-order valence-electron chi connectivity index (χ1n) is 5.49. The Balaban J connectivity index is 2.46. The molecular weight excluding hydrogens is 158 g/mol. The smallest absolute Gasteiger partial charge is 0.0655 e. The van der Waals surface area contributed by atoms with Crippen molar-refractivity contribution in [1.82, 2.24) is 0 Å². The van der Waals surface area contributed by atoms with Crippen LogP contribution in [0.3, 0.4) is 0 Å². The third kappa shape index (κ3) is 2.46. The Labute approximate surface area is 82.1 Å². The second-order valence-electron chi connectivity index (χ2n) is 5.02. The Morgan fingerprint density at radius 2 is 1.77 bits per heavy atom. The summed E-state index contributed by atoms with van der Waals surface area (Å²) >= 11 is 0. The Bertz CT molecular complexity index is 192. The van der Waals surface area contributed by atoms with E-state index >= 15 is 0 Å². The fourth-order valence-electron chi connectivity index (χ4n) is 2.29. The van der Waals surface area contributed by atoms with E-state index in [9.17, 15) is 0 Å². The van der Waals surface area contributed by atoms with Crippen molar-refractivity contribution >= 4 is 0 Å². The van der Waals surface area contributed by atoms with Crippen LogP contribution in [0.1, 0.15) is 52.9 Å². The first kappa shape index (κ1) is 10.6. The van der Waals surface area contributed by atoms with Gasteiger partial charge in [-0.15, -0.1) is 0 Å². The number of hydrogen-bond acceptors (Lipinski definition) is 1. The van der Waals surface area contributed by atoms with Crippen LogP contribution in [-0.4, -0.2) is 0 Å². The van der Waals surface area contributed by atoms with Gasteiger partial charge in [-0.3, -0.25) is 0 Å². The molecule has 13 heavy (non-hydrogen) atoms. The van der Waals surface area contributed by atoms with Crippen molar-refractivity contribution in [3.63, 3.8) is 0 Å². The molecule has 1 saturated carbocycles. The van der Waals surface area contributed by atoms with Crippen LogP contribution < -0.4 is 0 Å². The number of nitriles is 1. The molecule has 0 N–H and O–H groups in total. The lowest BCUT2D eigenvalue weighted by Gasteiger charge is -2.37. The summed E-state index contributed by atoms with van der Waals surface area (Å²) in [6, 6.07) is 2.39. The second-order valence-corrected chi connectivity index (χ2v) is 5.02. The maximum absolute atomic E-state index is 8.79. The lowest BCUT2D eigenvalue weighted by atomic mass is 9.68. The number of nitrogens with zero attached hydrogens (tertiary/aromatic N) is 1. The Morgan fingerprint density at radius 1 is 1.23 bits per heavy atom. The van der Waals surface area contributed by atoms with Gasteiger partial charge in [0.05, 0.1) is 6.07 Å². The molecule has 0 amide bonds. The summed E-state index contributed by atoms with van der Waals surface area (Å²) in [4.78, 5) is 0. The zero-order valence-corrected chi connectivity index (χ0v) is 9.14. The predicted octanol–water partition coefficient (Wildman–Crippen LogP) is 3.75. The summed E-state index contributed by atoms with van der Waals surface area (Å²) < 4.78 is 0. The molecule has 0 aromatic carbocycles.